The maximum absolute atomic E-state index is 13.3. The molecule has 0 radical (unpaired) electrons. The van der Waals surface area contributed by atoms with E-state index in [9.17, 15) is 18.0 Å². The molecular weight excluding hydrogens is 295 g/mol. The Balaban J connectivity index is 1.73. The third-order valence-electron chi connectivity index (χ3n) is 2.83. The maximum atomic E-state index is 13.3. The summed E-state index contributed by atoms with van der Waals surface area (Å²) in [5.41, 5.74) is 0.558. The molecule has 2 rings (SSSR count). The van der Waals surface area contributed by atoms with Crippen molar-refractivity contribution < 1.29 is 22.7 Å². The van der Waals surface area contributed by atoms with Crippen LogP contribution in [0.15, 0.2) is 42.5 Å². The van der Waals surface area contributed by atoms with Gasteiger partial charge in [-0.1, -0.05) is 12.1 Å². The van der Waals surface area contributed by atoms with E-state index < -0.39 is 17.5 Å². The first kappa shape index (κ1) is 15.9. The Labute approximate surface area is 125 Å². The highest BCUT2D eigenvalue weighted by molar-refractivity contribution is 5.78. The van der Waals surface area contributed by atoms with Crippen molar-refractivity contribution in [1.82, 2.24) is 5.32 Å². The lowest BCUT2D eigenvalue weighted by atomic mass is 10.1. The minimum Gasteiger partial charge on any atom is -0.489 e. The fourth-order valence-electron chi connectivity index (χ4n) is 1.84. The highest BCUT2D eigenvalue weighted by Gasteiger charge is 2.06. The van der Waals surface area contributed by atoms with Crippen LogP contribution in [0.3, 0.4) is 0 Å². The van der Waals surface area contributed by atoms with Crippen LogP contribution in [0.1, 0.15) is 5.56 Å². The summed E-state index contributed by atoms with van der Waals surface area (Å²) in [6, 6.07) is 8.74. The molecule has 0 aliphatic rings. The van der Waals surface area contributed by atoms with Crippen molar-refractivity contribution in [1.29, 1.82) is 0 Å². The van der Waals surface area contributed by atoms with Gasteiger partial charge < -0.3 is 10.1 Å². The molecule has 0 aliphatic carbocycles. The number of carbonyl (C=O) groups excluding carboxylic acids is 1. The van der Waals surface area contributed by atoms with Crippen molar-refractivity contribution >= 4 is 5.91 Å². The molecule has 1 amide bonds. The van der Waals surface area contributed by atoms with Crippen molar-refractivity contribution in [3.63, 3.8) is 0 Å². The highest BCUT2D eigenvalue weighted by atomic mass is 19.1. The van der Waals surface area contributed by atoms with Gasteiger partial charge in [-0.05, 0) is 29.8 Å². The minimum absolute atomic E-state index is 0.0391. The van der Waals surface area contributed by atoms with Crippen LogP contribution in [0.5, 0.6) is 5.75 Å². The summed E-state index contributed by atoms with van der Waals surface area (Å²) >= 11 is 0. The molecular formula is C16H14F3NO2. The molecule has 1 N–H and O–H groups in total. The molecule has 0 saturated heterocycles. The van der Waals surface area contributed by atoms with E-state index in [0.717, 1.165) is 12.1 Å². The smallest absolute Gasteiger partial charge is 0.224 e. The first-order valence-electron chi connectivity index (χ1n) is 6.63. The largest absolute Gasteiger partial charge is 0.489 e. The standard InChI is InChI=1S/C16H14F3NO2/c17-12-3-1-2-11(8-12)9-16(21)20-6-7-22-15-5-4-13(18)10-14(15)19/h1-5,8,10H,6-7,9H2,(H,20,21). The van der Waals surface area contributed by atoms with E-state index >= 15 is 0 Å². The van der Waals surface area contributed by atoms with E-state index in [1.807, 2.05) is 0 Å². The lowest BCUT2D eigenvalue weighted by Crippen LogP contribution is -2.29. The number of hydrogen-bond donors (Lipinski definition) is 1. The third-order valence-corrected chi connectivity index (χ3v) is 2.83. The molecule has 0 saturated carbocycles. The summed E-state index contributed by atoms with van der Waals surface area (Å²) in [5.74, 6) is -2.27. The Morgan fingerprint density at radius 3 is 2.55 bits per heavy atom. The van der Waals surface area contributed by atoms with E-state index in [1.54, 1.807) is 6.07 Å². The molecule has 116 valence electrons. The first-order valence-corrected chi connectivity index (χ1v) is 6.63. The zero-order valence-electron chi connectivity index (χ0n) is 11.6. The number of nitrogens with one attached hydrogen (secondary N) is 1. The molecule has 22 heavy (non-hydrogen) atoms. The minimum atomic E-state index is -0.800. The fourth-order valence-corrected chi connectivity index (χ4v) is 1.84. The van der Waals surface area contributed by atoms with Crippen molar-refractivity contribution in [2.75, 3.05) is 13.2 Å². The summed E-state index contributed by atoms with van der Waals surface area (Å²) in [5, 5.41) is 2.57. The molecule has 0 aromatic heterocycles. The van der Waals surface area contributed by atoms with Crippen molar-refractivity contribution in [2.45, 2.75) is 6.42 Å². The van der Waals surface area contributed by atoms with Crippen molar-refractivity contribution in [2.24, 2.45) is 0 Å². The lowest BCUT2D eigenvalue weighted by molar-refractivity contribution is -0.120. The van der Waals surface area contributed by atoms with Crippen LogP contribution in [-0.2, 0) is 11.2 Å². The zero-order chi connectivity index (χ0) is 15.9. The molecule has 0 heterocycles. The lowest BCUT2D eigenvalue weighted by Gasteiger charge is -2.08. The van der Waals surface area contributed by atoms with Gasteiger partial charge in [0.25, 0.3) is 0 Å². The van der Waals surface area contributed by atoms with Gasteiger partial charge in [-0.15, -0.1) is 0 Å². The van der Waals surface area contributed by atoms with Gasteiger partial charge >= 0.3 is 0 Å². The summed E-state index contributed by atoms with van der Waals surface area (Å²) in [6.45, 7) is 0.197. The van der Waals surface area contributed by atoms with Gasteiger partial charge in [0.1, 0.15) is 18.2 Å². The van der Waals surface area contributed by atoms with E-state index in [1.165, 1.54) is 24.3 Å². The van der Waals surface area contributed by atoms with Crippen molar-refractivity contribution in [3.8, 4) is 5.75 Å². The molecule has 0 atom stereocenters. The molecule has 0 unspecified atom stereocenters. The topological polar surface area (TPSA) is 38.3 Å². The third kappa shape index (κ3) is 4.80. The number of carbonyl (C=O) groups is 1. The Hall–Kier alpha value is -2.50. The molecule has 2 aromatic carbocycles. The Morgan fingerprint density at radius 1 is 1.05 bits per heavy atom. The van der Waals surface area contributed by atoms with Crippen LogP contribution >= 0.6 is 0 Å². The van der Waals surface area contributed by atoms with Crippen LogP contribution in [-0.4, -0.2) is 19.1 Å². The fraction of sp³-hybridized carbons (Fsp3) is 0.188. The predicted molar refractivity (Wildman–Crippen MR) is 75.0 cm³/mol. The second-order valence-corrected chi connectivity index (χ2v) is 4.58. The molecule has 2 aromatic rings. The molecule has 6 heteroatoms. The Bertz CT molecular complexity index is 662. The molecule has 0 spiro atoms. The second-order valence-electron chi connectivity index (χ2n) is 4.58. The van der Waals surface area contributed by atoms with Gasteiger partial charge in [0.15, 0.2) is 11.6 Å². The summed E-state index contributed by atoms with van der Waals surface area (Å²) in [4.78, 5) is 11.6. The van der Waals surface area contributed by atoms with Crippen LogP contribution in [0.25, 0.3) is 0 Å². The predicted octanol–water partition coefficient (Wildman–Crippen LogP) is 2.84. The monoisotopic (exact) mass is 309 g/mol. The van der Waals surface area contributed by atoms with Gasteiger partial charge in [0.05, 0.1) is 13.0 Å². The number of rotatable bonds is 6. The van der Waals surface area contributed by atoms with Gasteiger partial charge in [-0.2, -0.15) is 0 Å². The normalized spacial score (nSPS) is 10.3. The zero-order valence-corrected chi connectivity index (χ0v) is 11.6. The van der Waals surface area contributed by atoms with Crippen LogP contribution in [0.2, 0.25) is 0 Å². The summed E-state index contributed by atoms with van der Waals surface area (Å²) < 4.78 is 44.0. The van der Waals surface area contributed by atoms with Gasteiger partial charge in [-0.25, -0.2) is 13.2 Å². The molecule has 0 aliphatic heterocycles. The SMILES string of the molecule is O=C(Cc1cccc(F)c1)NCCOc1ccc(F)cc1F. The first-order chi connectivity index (χ1) is 10.5. The molecule has 3 nitrogen and oxygen atoms in total. The van der Waals surface area contributed by atoms with E-state index in [4.69, 9.17) is 4.74 Å². The van der Waals surface area contributed by atoms with Crippen molar-refractivity contribution in [3.05, 3.63) is 65.5 Å². The molecule has 0 bridgehead atoms. The number of amides is 1. The van der Waals surface area contributed by atoms with Crippen LogP contribution in [0.4, 0.5) is 13.2 Å². The Morgan fingerprint density at radius 2 is 1.82 bits per heavy atom. The van der Waals surface area contributed by atoms with Gasteiger partial charge in [0.2, 0.25) is 5.91 Å². The van der Waals surface area contributed by atoms with Crippen LogP contribution in [0, 0.1) is 17.5 Å². The quantitative estimate of drug-likeness (QED) is 0.833. The Kier molecular flexibility index (Phi) is 5.41. The average molecular weight is 309 g/mol. The summed E-state index contributed by atoms with van der Waals surface area (Å²) in [7, 11) is 0. The second kappa shape index (κ2) is 7.49. The number of benzene rings is 2. The number of halogens is 3. The average Bonchev–Trinajstić information content (AvgIpc) is 2.45. The van der Waals surface area contributed by atoms with E-state index in [2.05, 4.69) is 5.32 Å². The van der Waals surface area contributed by atoms with Gasteiger partial charge in [0, 0.05) is 6.07 Å². The summed E-state index contributed by atoms with van der Waals surface area (Å²) in [6.07, 6.45) is 0.0443. The van der Waals surface area contributed by atoms with Crippen LogP contribution < -0.4 is 10.1 Å². The number of hydrogen-bond acceptors (Lipinski definition) is 2. The van der Waals surface area contributed by atoms with Gasteiger partial charge in [-0.3, -0.25) is 4.79 Å². The number of ether oxygens (including phenoxy) is 1. The molecule has 0 fully saturated rings. The highest BCUT2D eigenvalue weighted by Crippen LogP contribution is 2.17. The van der Waals surface area contributed by atoms with E-state index in [-0.39, 0.29) is 31.2 Å². The maximum Gasteiger partial charge on any atom is 0.224 e. The van der Waals surface area contributed by atoms with E-state index in [0.29, 0.717) is 5.56 Å².